The van der Waals surface area contributed by atoms with Gasteiger partial charge in [0, 0.05) is 39.3 Å². The smallest absolute Gasteiger partial charge is 0.253 e. The minimum Gasteiger partial charge on any atom is -0.504 e. The van der Waals surface area contributed by atoms with Crippen LogP contribution in [-0.4, -0.2) is 62.7 Å². The van der Waals surface area contributed by atoms with E-state index in [1.807, 2.05) is 43.3 Å². The predicted molar refractivity (Wildman–Crippen MR) is 121 cm³/mol. The van der Waals surface area contributed by atoms with Crippen molar-refractivity contribution >= 4 is 11.9 Å². The van der Waals surface area contributed by atoms with Gasteiger partial charge in [-0.25, -0.2) is 0 Å². The number of amides is 1. The van der Waals surface area contributed by atoms with Gasteiger partial charge in [-0.3, -0.25) is 9.79 Å². The van der Waals surface area contributed by atoms with Crippen molar-refractivity contribution in [2.75, 3.05) is 40.8 Å². The standard InChI is InChI=1S/C23H32N4O3/c1-5-24-23(26-14-12-18-9-10-20(28)21(16-18)30-4)25-13-11-17-7-6-8-19(15-17)22(29)27(2)3/h6-10,15-16,28H,5,11-14H2,1-4H3,(H2,24,25,26). The van der Waals surface area contributed by atoms with Crippen molar-refractivity contribution in [1.82, 2.24) is 15.5 Å². The Kier molecular flexibility index (Phi) is 9.00. The van der Waals surface area contributed by atoms with Crippen LogP contribution in [0.5, 0.6) is 11.5 Å². The summed E-state index contributed by atoms with van der Waals surface area (Å²) in [6.45, 7) is 4.11. The highest BCUT2D eigenvalue weighted by Gasteiger charge is 2.08. The van der Waals surface area contributed by atoms with Crippen LogP contribution in [0.4, 0.5) is 0 Å². The molecule has 0 bridgehead atoms. The number of hydrogen-bond donors (Lipinski definition) is 3. The van der Waals surface area contributed by atoms with E-state index in [1.54, 1.807) is 25.1 Å². The van der Waals surface area contributed by atoms with Gasteiger partial charge in [0.25, 0.3) is 5.91 Å². The van der Waals surface area contributed by atoms with E-state index in [9.17, 15) is 9.90 Å². The first-order valence-corrected chi connectivity index (χ1v) is 10.1. The molecule has 30 heavy (non-hydrogen) atoms. The molecule has 2 aromatic rings. The largest absolute Gasteiger partial charge is 0.504 e. The number of methoxy groups -OCH3 is 1. The quantitative estimate of drug-likeness (QED) is 0.435. The van der Waals surface area contributed by atoms with Crippen LogP contribution in [0.1, 0.15) is 28.4 Å². The number of aromatic hydroxyl groups is 1. The third-order valence-electron chi connectivity index (χ3n) is 4.54. The lowest BCUT2D eigenvalue weighted by Gasteiger charge is -2.13. The second-order valence-corrected chi connectivity index (χ2v) is 7.09. The summed E-state index contributed by atoms with van der Waals surface area (Å²) in [5.74, 6) is 1.36. The van der Waals surface area contributed by atoms with E-state index >= 15 is 0 Å². The van der Waals surface area contributed by atoms with Gasteiger partial charge < -0.3 is 25.4 Å². The van der Waals surface area contributed by atoms with Crippen LogP contribution in [0.15, 0.2) is 47.5 Å². The molecule has 0 heterocycles. The van der Waals surface area contributed by atoms with Crippen molar-refractivity contribution in [1.29, 1.82) is 0 Å². The molecule has 7 nitrogen and oxygen atoms in total. The average Bonchev–Trinajstić information content (AvgIpc) is 2.74. The molecule has 0 saturated heterocycles. The minimum atomic E-state index is 0.00516. The van der Waals surface area contributed by atoms with Crippen LogP contribution in [0.25, 0.3) is 0 Å². The molecule has 0 atom stereocenters. The lowest BCUT2D eigenvalue weighted by Crippen LogP contribution is -2.38. The lowest BCUT2D eigenvalue weighted by molar-refractivity contribution is 0.0827. The van der Waals surface area contributed by atoms with E-state index in [0.29, 0.717) is 24.4 Å². The molecule has 3 N–H and O–H groups in total. The zero-order valence-electron chi connectivity index (χ0n) is 18.2. The molecule has 0 fully saturated rings. The minimum absolute atomic E-state index is 0.00516. The van der Waals surface area contributed by atoms with Crippen molar-refractivity contribution < 1.29 is 14.6 Å². The second-order valence-electron chi connectivity index (χ2n) is 7.09. The van der Waals surface area contributed by atoms with Crippen LogP contribution in [0, 0.1) is 0 Å². The normalized spacial score (nSPS) is 11.1. The lowest BCUT2D eigenvalue weighted by atomic mass is 10.1. The van der Waals surface area contributed by atoms with Gasteiger partial charge in [0.05, 0.1) is 7.11 Å². The maximum atomic E-state index is 12.1. The molecule has 0 aliphatic heterocycles. The molecule has 0 saturated carbocycles. The summed E-state index contributed by atoms with van der Waals surface area (Å²) in [7, 11) is 5.05. The number of hydrogen-bond acceptors (Lipinski definition) is 4. The van der Waals surface area contributed by atoms with Gasteiger partial charge in [0.1, 0.15) is 0 Å². The Balaban J connectivity index is 1.89. The SMILES string of the molecule is CCNC(=NCCc1ccc(O)c(OC)c1)NCCc1cccc(C(=O)N(C)C)c1. The Labute approximate surface area is 178 Å². The number of rotatable bonds is 9. The maximum Gasteiger partial charge on any atom is 0.253 e. The van der Waals surface area contributed by atoms with Crippen LogP contribution in [0.3, 0.4) is 0 Å². The van der Waals surface area contributed by atoms with Gasteiger partial charge in [0.15, 0.2) is 17.5 Å². The number of carbonyl (C=O) groups is 1. The average molecular weight is 413 g/mol. The summed E-state index contributed by atoms with van der Waals surface area (Å²) in [6.07, 6.45) is 1.52. The zero-order valence-corrected chi connectivity index (χ0v) is 18.2. The van der Waals surface area contributed by atoms with Gasteiger partial charge in [-0.2, -0.15) is 0 Å². The van der Waals surface area contributed by atoms with E-state index in [-0.39, 0.29) is 11.7 Å². The summed E-state index contributed by atoms with van der Waals surface area (Å²) in [5.41, 5.74) is 2.84. The Morgan fingerprint density at radius 3 is 2.57 bits per heavy atom. The molecule has 162 valence electrons. The Morgan fingerprint density at radius 1 is 1.10 bits per heavy atom. The molecule has 0 aromatic heterocycles. The fourth-order valence-electron chi connectivity index (χ4n) is 2.96. The van der Waals surface area contributed by atoms with Crippen LogP contribution in [-0.2, 0) is 12.8 Å². The van der Waals surface area contributed by atoms with E-state index in [1.165, 1.54) is 7.11 Å². The van der Waals surface area contributed by atoms with Gasteiger partial charge in [-0.05, 0) is 55.2 Å². The highest BCUT2D eigenvalue weighted by atomic mass is 16.5. The van der Waals surface area contributed by atoms with Gasteiger partial charge in [0.2, 0.25) is 0 Å². The van der Waals surface area contributed by atoms with Crippen molar-refractivity contribution in [2.45, 2.75) is 19.8 Å². The predicted octanol–water partition coefficient (Wildman–Crippen LogP) is 2.44. The van der Waals surface area contributed by atoms with Crippen molar-refractivity contribution in [3.05, 3.63) is 59.2 Å². The Morgan fingerprint density at radius 2 is 1.87 bits per heavy atom. The Hall–Kier alpha value is -3.22. The topological polar surface area (TPSA) is 86.2 Å². The molecule has 0 aliphatic rings. The monoisotopic (exact) mass is 412 g/mol. The van der Waals surface area contributed by atoms with Crippen LogP contribution < -0.4 is 15.4 Å². The second kappa shape index (κ2) is 11.7. The molecule has 0 unspecified atom stereocenters. The summed E-state index contributed by atoms with van der Waals surface area (Å²) in [5, 5.41) is 16.3. The van der Waals surface area contributed by atoms with Crippen molar-refractivity contribution in [2.24, 2.45) is 4.99 Å². The first kappa shape index (κ1) is 23.1. The summed E-state index contributed by atoms with van der Waals surface area (Å²) in [6, 6.07) is 13.0. The van der Waals surface area contributed by atoms with E-state index in [4.69, 9.17) is 4.74 Å². The summed E-state index contributed by atoms with van der Waals surface area (Å²) >= 11 is 0. The number of nitrogens with zero attached hydrogens (tertiary/aromatic N) is 2. The number of guanidine groups is 1. The fourth-order valence-corrected chi connectivity index (χ4v) is 2.96. The number of nitrogens with one attached hydrogen (secondary N) is 2. The number of ether oxygens (including phenoxy) is 1. The summed E-state index contributed by atoms with van der Waals surface area (Å²) in [4.78, 5) is 18.3. The fraction of sp³-hybridized carbons (Fsp3) is 0.391. The first-order valence-electron chi connectivity index (χ1n) is 10.1. The van der Waals surface area contributed by atoms with Crippen LogP contribution >= 0.6 is 0 Å². The molecule has 0 spiro atoms. The third kappa shape index (κ3) is 6.99. The maximum absolute atomic E-state index is 12.1. The van der Waals surface area contributed by atoms with Gasteiger partial charge in [-0.15, -0.1) is 0 Å². The van der Waals surface area contributed by atoms with E-state index < -0.39 is 0 Å². The van der Waals surface area contributed by atoms with Crippen molar-refractivity contribution in [3.63, 3.8) is 0 Å². The molecule has 0 radical (unpaired) electrons. The highest BCUT2D eigenvalue weighted by molar-refractivity contribution is 5.94. The third-order valence-corrected chi connectivity index (χ3v) is 4.54. The van der Waals surface area contributed by atoms with Gasteiger partial charge in [-0.1, -0.05) is 18.2 Å². The number of aliphatic imine (C=N–C) groups is 1. The molecular formula is C23H32N4O3. The molecule has 0 aliphatic carbocycles. The van der Waals surface area contributed by atoms with Crippen molar-refractivity contribution in [3.8, 4) is 11.5 Å². The van der Waals surface area contributed by atoms with Gasteiger partial charge >= 0.3 is 0 Å². The van der Waals surface area contributed by atoms with Crippen LogP contribution in [0.2, 0.25) is 0 Å². The first-order chi connectivity index (χ1) is 14.4. The van der Waals surface area contributed by atoms with E-state index in [2.05, 4.69) is 15.6 Å². The van der Waals surface area contributed by atoms with E-state index in [0.717, 1.165) is 36.5 Å². The molecule has 7 heteroatoms. The molecule has 1 amide bonds. The molecule has 2 rings (SSSR count). The molecular weight excluding hydrogens is 380 g/mol. The summed E-state index contributed by atoms with van der Waals surface area (Å²) < 4.78 is 5.15. The Bertz CT molecular complexity index is 865. The molecule has 2 aromatic carbocycles. The number of benzene rings is 2. The highest BCUT2D eigenvalue weighted by Crippen LogP contribution is 2.26. The zero-order chi connectivity index (χ0) is 21.9. The number of phenols is 1. The number of carbonyl (C=O) groups excluding carboxylic acids is 1. The number of phenolic OH excluding ortho intramolecular Hbond substituents is 1.